The van der Waals surface area contributed by atoms with Gasteiger partial charge in [-0.05, 0) is 37.7 Å². The number of nitrogens with zero attached hydrogens (tertiary/aromatic N) is 2. The first-order valence-corrected chi connectivity index (χ1v) is 8.44. The fourth-order valence-corrected chi connectivity index (χ4v) is 3.23. The van der Waals surface area contributed by atoms with Crippen LogP contribution in [0.15, 0.2) is 30.3 Å². The molecule has 3 atom stereocenters. The summed E-state index contributed by atoms with van der Waals surface area (Å²) < 4.78 is 7.48. The van der Waals surface area contributed by atoms with Crippen molar-refractivity contribution in [1.29, 1.82) is 0 Å². The molecule has 0 saturated heterocycles. The third-order valence-corrected chi connectivity index (χ3v) is 4.87. The van der Waals surface area contributed by atoms with Crippen molar-refractivity contribution >= 4 is 5.91 Å². The van der Waals surface area contributed by atoms with Crippen LogP contribution in [0.2, 0.25) is 0 Å². The third kappa shape index (κ3) is 3.45. The minimum Gasteiger partial charge on any atom is -0.480 e. The van der Waals surface area contributed by atoms with Crippen LogP contribution in [-0.4, -0.2) is 22.3 Å². The Bertz CT molecular complexity index is 724. The maximum absolute atomic E-state index is 12.4. The number of aryl methyl sites for hydroxylation is 2. The number of ether oxygens (including phenoxy) is 1. The van der Waals surface area contributed by atoms with Gasteiger partial charge in [0, 0.05) is 7.05 Å². The van der Waals surface area contributed by atoms with Crippen molar-refractivity contribution in [3.8, 4) is 5.75 Å². The zero-order valence-corrected chi connectivity index (χ0v) is 14.7. The molecule has 1 N–H and O–H groups in total. The molecule has 1 heterocycles. The second-order valence-electron chi connectivity index (χ2n) is 6.74. The molecule has 0 aliphatic heterocycles. The quantitative estimate of drug-likeness (QED) is 0.887. The fourth-order valence-electron chi connectivity index (χ4n) is 3.23. The van der Waals surface area contributed by atoms with E-state index in [2.05, 4.69) is 29.5 Å². The van der Waals surface area contributed by atoms with Crippen LogP contribution in [0.25, 0.3) is 0 Å². The molecule has 0 bridgehead atoms. The van der Waals surface area contributed by atoms with E-state index in [1.54, 1.807) is 4.68 Å². The van der Waals surface area contributed by atoms with Gasteiger partial charge in [-0.1, -0.05) is 37.3 Å². The number of nitrogens with one attached hydrogen (secondary N) is 1. The Kier molecular flexibility index (Phi) is 4.60. The highest BCUT2D eigenvalue weighted by Crippen LogP contribution is 2.46. The molecule has 1 aromatic heterocycles. The molecule has 3 rings (SSSR count). The Hall–Kier alpha value is -2.30. The molecule has 24 heavy (non-hydrogen) atoms. The second kappa shape index (κ2) is 6.67. The normalized spacial score (nSPS) is 20.5. The summed E-state index contributed by atoms with van der Waals surface area (Å²) >= 11 is 0. The minimum absolute atomic E-state index is 0.0117. The maximum atomic E-state index is 12.4. The van der Waals surface area contributed by atoms with Gasteiger partial charge < -0.3 is 10.1 Å². The van der Waals surface area contributed by atoms with Gasteiger partial charge in [-0.3, -0.25) is 9.48 Å². The predicted octanol–water partition coefficient (Wildman–Crippen LogP) is 2.93. The number of benzene rings is 1. The molecule has 1 amide bonds. The van der Waals surface area contributed by atoms with E-state index < -0.39 is 0 Å². The fraction of sp³-hybridized carbons (Fsp3) is 0.474. The van der Waals surface area contributed by atoms with Crippen molar-refractivity contribution in [2.45, 2.75) is 33.2 Å². The largest absolute Gasteiger partial charge is 0.480 e. The van der Waals surface area contributed by atoms with Crippen LogP contribution in [0.5, 0.6) is 5.75 Å². The first kappa shape index (κ1) is 16.6. The molecule has 5 heteroatoms. The number of carbonyl (C=O) groups excluding carboxylic acids is 1. The monoisotopic (exact) mass is 327 g/mol. The van der Waals surface area contributed by atoms with Crippen molar-refractivity contribution in [3.63, 3.8) is 0 Å². The molecule has 0 radical (unpaired) electrons. The molecule has 0 spiro atoms. The Balaban J connectivity index is 1.64. The Morgan fingerprint density at radius 3 is 2.58 bits per heavy atom. The van der Waals surface area contributed by atoms with Crippen molar-refractivity contribution < 1.29 is 9.53 Å². The van der Waals surface area contributed by atoms with Gasteiger partial charge in [0.1, 0.15) is 5.69 Å². The van der Waals surface area contributed by atoms with E-state index in [1.807, 2.05) is 39.1 Å². The van der Waals surface area contributed by atoms with E-state index in [-0.39, 0.29) is 18.6 Å². The molecule has 1 aromatic carbocycles. The lowest BCUT2D eigenvalue weighted by atomic mass is 10.0. The summed E-state index contributed by atoms with van der Waals surface area (Å²) in [6.07, 6.45) is 1.15. The summed E-state index contributed by atoms with van der Waals surface area (Å²) in [5.41, 5.74) is 2.89. The van der Waals surface area contributed by atoms with Crippen molar-refractivity contribution in [3.05, 3.63) is 47.3 Å². The second-order valence-corrected chi connectivity index (χ2v) is 6.74. The Labute approximate surface area is 143 Å². The van der Waals surface area contributed by atoms with Crippen molar-refractivity contribution in [2.75, 3.05) is 6.61 Å². The number of hydrogen-bond acceptors (Lipinski definition) is 3. The average molecular weight is 327 g/mol. The summed E-state index contributed by atoms with van der Waals surface area (Å²) in [5.74, 6) is 1.77. The molecule has 1 saturated carbocycles. The van der Waals surface area contributed by atoms with Crippen LogP contribution >= 0.6 is 0 Å². The molecule has 5 nitrogen and oxygen atoms in total. The lowest BCUT2D eigenvalue weighted by Gasteiger charge is -2.19. The summed E-state index contributed by atoms with van der Waals surface area (Å²) in [4.78, 5) is 12.4. The van der Waals surface area contributed by atoms with Gasteiger partial charge >= 0.3 is 0 Å². The molecular formula is C19H25N3O2. The van der Waals surface area contributed by atoms with Gasteiger partial charge in [-0.15, -0.1) is 0 Å². The predicted molar refractivity (Wildman–Crippen MR) is 92.8 cm³/mol. The Morgan fingerprint density at radius 1 is 1.38 bits per heavy atom. The zero-order valence-electron chi connectivity index (χ0n) is 14.7. The highest BCUT2D eigenvalue weighted by Gasteiger charge is 2.40. The number of rotatable bonds is 6. The van der Waals surface area contributed by atoms with E-state index in [4.69, 9.17) is 4.74 Å². The van der Waals surface area contributed by atoms with E-state index in [0.717, 1.165) is 23.4 Å². The molecule has 2 aromatic rings. The summed E-state index contributed by atoms with van der Waals surface area (Å²) in [6, 6.07) is 10.2. The van der Waals surface area contributed by atoms with Crippen LogP contribution < -0.4 is 10.1 Å². The lowest BCUT2D eigenvalue weighted by molar-refractivity contribution is -0.124. The van der Waals surface area contributed by atoms with Gasteiger partial charge in [0.2, 0.25) is 0 Å². The Morgan fingerprint density at radius 2 is 2.04 bits per heavy atom. The number of carbonyl (C=O) groups is 1. The van der Waals surface area contributed by atoms with Gasteiger partial charge in [-0.25, -0.2) is 0 Å². The van der Waals surface area contributed by atoms with Crippen LogP contribution in [0.4, 0.5) is 0 Å². The highest BCUT2D eigenvalue weighted by atomic mass is 16.5. The summed E-state index contributed by atoms with van der Waals surface area (Å²) in [6.45, 7) is 6.06. The van der Waals surface area contributed by atoms with Gasteiger partial charge in [-0.2, -0.15) is 5.10 Å². The maximum Gasteiger partial charge on any atom is 0.258 e. The van der Waals surface area contributed by atoms with Crippen LogP contribution in [0.1, 0.15) is 36.3 Å². The molecule has 128 valence electrons. The average Bonchev–Trinajstić information content (AvgIpc) is 3.23. The van der Waals surface area contributed by atoms with Crippen molar-refractivity contribution in [1.82, 2.24) is 15.1 Å². The van der Waals surface area contributed by atoms with E-state index in [0.29, 0.717) is 17.6 Å². The zero-order chi connectivity index (χ0) is 17.3. The van der Waals surface area contributed by atoms with E-state index in [1.165, 1.54) is 0 Å². The van der Waals surface area contributed by atoms with E-state index >= 15 is 0 Å². The topological polar surface area (TPSA) is 56.2 Å². The SMILES string of the molecule is Cc1nn(C)c(C)c1OCC(=O)N[C@H](c1ccccc1)[C@@H]1C[C@H]1C. The molecule has 1 fully saturated rings. The van der Waals surface area contributed by atoms with Gasteiger partial charge in [0.15, 0.2) is 12.4 Å². The highest BCUT2D eigenvalue weighted by molar-refractivity contribution is 5.78. The summed E-state index contributed by atoms with van der Waals surface area (Å²) in [5, 5.41) is 7.46. The molecule has 1 aliphatic rings. The first-order chi connectivity index (χ1) is 11.5. The third-order valence-electron chi connectivity index (χ3n) is 4.87. The van der Waals surface area contributed by atoms with E-state index in [9.17, 15) is 4.79 Å². The summed E-state index contributed by atoms with van der Waals surface area (Å²) in [7, 11) is 1.87. The van der Waals surface area contributed by atoms with Crippen LogP contribution in [-0.2, 0) is 11.8 Å². The molecule has 1 aliphatic carbocycles. The number of amides is 1. The van der Waals surface area contributed by atoms with Crippen molar-refractivity contribution in [2.24, 2.45) is 18.9 Å². The standard InChI is InChI=1S/C19H25N3O2/c1-12-10-16(12)18(15-8-6-5-7-9-15)20-17(23)11-24-19-13(2)21-22(4)14(19)3/h5-9,12,16,18H,10-11H2,1-4H3,(H,20,23)/t12-,16-,18-/m1/s1. The van der Waals surface area contributed by atoms with Gasteiger partial charge in [0.25, 0.3) is 5.91 Å². The molecule has 0 unspecified atom stereocenters. The smallest absolute Gasteiger partial charge is 0.258 e. The minimum atomic E-state index is -0.0920. The molecular weight excluding hydrogens is 302 g/mol. The number of aromatic nitrogens is 2. The first-order valence-electron chi connectivity index (χ1n) is 8.44. The van der Waals surface area contributed by atoms with Gasteiger partial charge in [0.05, 0.1) is 11.7 Å². The lowest BCUT2D eigenvalue weighted by Crippen LogP contribution is -2.34. The van der Waals surface area contributed by atoms with Crippen LogP contribution in [0.3, 0.4) is 0 Å². The number of hydrogen-bond donors (Lipinski definition) is 1. The van der Waals surface area contributed by atoms with Crippen LogP contribution in [0, 0.1) is 25.7 Å².